The van der Waals surface area contributed by atoms with E-state index in [-0.39, 0.29) is 18.2 Å². The fourth-order valence-electron chi connectivity index (χ4n) is 4.65. The lowest BCUT2D eigenvalue weighted by molar-refractivity contribution is 0.00194. The van der Waals surface area contributed by atoms with Crippen molar-refractivity contribution in [2.45, 2.75) is 64.7 Å². The molecule has 2 N–H and O–H groups in total. The molecule has 0 spiro atoms. The molecule has 200 valence electrons. The summed E-state index contributed by atoms with van der Waals surface area (Å²) in [7, 11) is 0. The molecule has 0 saturated heterocycles. The van der Waals surface area contributed by atoms with Gasteiger partial charge >= 0.3 is 12.1 Å². The first kappa shape index (κ1) is 27.2. The molecular weight excluding hydrogens is 482 g/mol. The van der Waals surface area contributed by atoms with E-state index in [2.05, 4.69) is 0 Å². The van der Waals surface area contributed by atoms with Crippen molar-refractivity contribution >= 4 is 12.1 Å². The third-order valence-corrected chi connectivity index (χ3v) is 6.60. The molecule has 7 nitrogen and oxygen atoms in total. The zero-order valence-corrected chi connectivity index (χ0v) is 22.3. The summed E-state index contributed by atoms with van der Waals surface area (Å²) in [6.07, 6.45) is 0.806. The van der Waals surface area contributed by atoms with Crippen LogP contribution < -0.4 is 4.74 Å². The highest BCUT2D eigenvalue weighted by Crippen LogP contribution is 2.32. The molecule has 7 heteroatoms. The van der Waals surface area contributed by atoms with Crippen LogP contribution in [0.15, 0.2) is 66.7 Å². The zero-order chi connectivity index (χ0) is 27.4. The number of carbonyl (C=O) groups is 2. The number of hydrogen-bond donors (Lipinski definition) is 2. The Bertz CT molecular complexity index is 1290. The van der Waals surface area contributed by atoms with Gasteiger partial charge in [-0.15, -0.1) is 0 Å². The Morgan fingerprint density at radius 3 is 2.39 bits per heavy atom. The smallest absolute Gasteiger partial charge is 0.410 e. The third-order valence-electron chi connectivity index (χ3n) is 6.60. The number of ether oxygens (including phenoxy) is 2. The van der Waals surface area contributed by atoms with E-state index in [1.807, 2.05) is 70.2 Å². The first-order chi connectivity index (χ1) is 18.0. The van der Waals surface area contributed by atoms with E-state index in [1.165, 1.54) is 17.7 Å². The molecule has 0 bridgehead atoms. The highest BCUT2D eigenvalue weighted by Gasteiger charge is 2.33. The van der Waals surface area contributed by atoms with E-state index >= 15 is 0 Å². The maximum atomic E-state index is 13.3. The van der Waals surface area contributed by atoms with Crippen molar-refractivity contribution in [3.63, 3.8) is 0 Å². The van der Waals surface area contributed by atoms with Gasteiger partial charge in [0, 0.05) is 6.04 Å². The van der Waals surface area contributed by atoms with Gasteiger partial charge in [0.05, 0.1) is 18.2 Å². The minimum atomic E-state index is -1.02. The molecule has 38 heavy (non-hydrogen) atoms. The molecule has 3 aromatic carbocycles. The van der Waals surface area contributed by atoms with Crippen molar-refractivity contribution in [2.24, 2.45) is 0 Å². The molecule has 0 radical (unpaired) electrons. The number of fused-ring (bicyclic) bond motifs is 1. The van der Waals surface area contributed by atoms with E-state index in [4.69, 9.17) is 9.47 Å². The zero-order valence-electron chi connectivity index (χ0n) is 22.3. The summed E-state index contributed by atoms with van der Waals surface area (Å²) < 4.78 is 11.7. The Labute approximate surface area is 223 Å². The predicted molar refractivity (Wildman–Crippen MR) is 145 cm³/mol. The summed E-state index contributed by atoms with van der Waals surface area (Å²) in [6, 6.07) is 19.7. The Balaban J connectivity index is 1.55. The number of nitrogens with zero attached hydrogens (tertiary/aromatic N) is 1. The number of aromatic carboxylic acids is 1. The monoisotopic (exact) mass is 517 g/mol. The average molecular weight is 518 g/mol. The number of hydrogen-bond acceptors (Lipinski definition) is 5. The summed E-state index contributed by atoms with van der Waals surface area (Å²) >= 11 is 0. The van der Waals surface area contributed by atoms with Gasteiger partial charge in [-0.25, -0.2) is 9.59 Å². The van der Waals surface area contributed by atoms with Crippen molar-refractivity contribution in [3.8, 4) is 11.5 Å². The van der Waals surface area contributed by atoms with E-state index in [1.54, 1.807) is 17.0 Å². The molecule has 4 rings (SSSR count). The van der Waals surface area contributed by atoms with Gasteiger partial charge in [0.1, 0.15) is 17.1 Å². The topological polar surface area (TPSA) is 96.3 Å². The van der Waals surface area contributed by atoms with Crippen LogP contribution in [-0.4, -0.2) is 45.4 Å². The third kappa shape index (κ3) is 6.92. The lowest BCUT2D eigenvalue weighted by atomic mass is 9.87. The van der Waals surface area contributed by atoms with Crippen LogP contribution >= 0.6 is 0 Å². The predicted octanol–water partition coefficient (Wildman–Crippen LogP) is 6.31. The second-order valence-corrected chi connectivity index (χ2v) is 10.8. The van der Waals surface area contributed by atoms with Gasteiger partial charge in [-0.05, 0) is 94.0 Å². The number of aryl methyl sites for hydroxylation is 2. The quantitative estimate of drug-likeness (QED) is 0.381. The fourth-order valence-corrected chi connectivity index (χ4v) is 4.65. The van der Waals surface area contributed by atoms with Crippen LogP contribution in [0.25, 0.3) is 0 Å². The minimum Gasteiger partial charge on any atom is -0.478 e. The molecule has 2 atom stereocenters. The molecule has 1 aliphatic carbocycles. The fraction of sp³-hybridized carbons (Fsp3) is 0.355. The molecule has 3 aromatic rings. The number of carboxylic acids is 1. The number of aliphatic hydroxyl groups is 1. The Kier molecular flexibility index (Phi) is 8.07. The first-order valence-electron chi connectivity index (χ1n) is 12.9. The number of carbonyl (C=O) groups excluding carboxylic acids is 1. The standard InChI is InChI=1S/C31H35NO6/c1-20-8-10-22(11-9-20)28(33)19-32(30(36)38-31(2,3)4)25-14-12-21-13-15-27(18-24(21)16-25)37-26-7-5-6-23(17-26)29(34)35/h5-11,13,15,17-18,25,28,33H,12,14,16,19H2,1-4H3,(H,34,35)/t25-,28-/m0/s1. The van der Waals surface area contributed by atoms with E-state index < -0.39 is 23.8 Å². The second kappa shape index (κ2) is 11.3. The van der Waals surface area contributed by atoms with E-state index in [9.17, 15) is 19.8 Å². The minimum absolute atomic E-state index is 0.121. The molecule has 0 saturated carbocycles. The second-order valence-electron chi connectivity index (χ2n) is 10.8. The number of aliphatic hydroxyl groups excluding tert-OH is 1. The lowest BCUT2D eigenvalue weighted by Gasteiger charge is -2.37. The summed E-state index contributed by atoms with van der Waals surface area (Å²) in [6.45, 7) is 7.61. The number of rotatable bonds is 7. The highest BCUT2D eigenvalue weighted by atomic mass is 16.6. The van der Waals surface area contributed by atoms with Gasteiger partial charge in [0.15, 0.2) is 0 Å². The number of amides is 1. The van der Waals surface area contributed by atoms with Crippen LogP contribution in [0.1, 0.15) is 65.9 Å². The maximum absolute atomic E-state index is 13.3. The summed E-state index contributed by atoms with van der Waals surface area (Å²) in [5.74, 6) is 0.0167. The van der Waals surface area contributed by atoms with Crippen LogP contribution in [0.2, 0.25) is 0 Å². The summed E-state index contributed by atoms with van der Waals surface area (Å²) in [5, 5.41) is 20.3. The van der Waals surface area contributed by atoms with Crippen LogP contribution in [0, 0.1) is 6.92 Å². The summed E-state index contributed by atoms with van der Waals surface area (Å²) in [4.78, 5) is 26.3. The van der Waals surface area contributed by atoms with Gasteiger partial charge in [0.25, 0.3) is 0 Å². The summed E-state index contributed by atoms with van der Waals surface area (Å²) in [5.41, 5.74) is 3.56. The largest absolute Gasteiger partial charge is 0.478 e. The molecule has 0 fully saturated rings. The van der Waals surface area contributed by atoms with Crippen LogP contribution in [0.3, 0.4) is 0 Å². The van der Waals surface area contributed by atoms with E-state index in [0.717, 1.165) is 29.5 Å². The van der Waals surface area contributed by atoms with Gasteiger partial charge in [-0.2, -0.15) is 0 Å². The Morgan fingerprint density at radius 1 is 1.00 bits per heavy atom. The van der Waals surface area contributed by atoms with Crippen molar-refractivity contribution in [1.29, 1.82) is 0 Å². The van der Waals surface area contributed by atoms with Gasteiger partial charge in [-0.1, -0.05) is 42.0 Å². The average Bonchev–Trinajstić information content (AvgIpc) is 2.86. The SMILES string of the molecule is Cc1ccc([C@@H](O)CN(C(=O)OC(C)(C)C)[C@H]2CCc3ccc(Oc4cccc(C(=O)O)c4)cc3C2)cc1. The van der Waals surface area contributed by atoms with Gasteiger partial charge < -0.3 is 24.6 Å². The maximum Gasteiger partial charge on any atom is 0.410 e. The van der Waals surface area contributed by atoms with Crippen LogP contribution in [-0.2, 0) is 17.6 Å². The van der Waals surface area contributed by atoms with Crippen LogP contribution in [0.4, 0.5) is 4.79 Å². The molecule has 0 aromatic heterocycles. The highest BCUT2D eigenvalue weighted by molar-refractivity contribution is 5.88. The van der Waals surface area contributed by atoms with Crippen molar-refractivity contribution in [2.75, 3.05) is 6.54 Å². The molecule has 0 aliphatic heterocycles. The van der Waals surface area contributed by atoms with Gasteiger partial charge in [0.2, 0.25) is 0 Å². The Morgan fingerprint density at radius 2 is 1.71 bits per heavy atom. The molecule has 0 heterocycles. The van der Waals surface area contributed by atoms with E-state index in [0.29, 0.717) is 17.9 Å². The Hall–Kier alpha value is -3.84. The molecular formula is C31H35NO6. The van der Waals surface area contributed by atoms with Gasteiger partial charge in [-0.3, -0.25) is 0 Å². The van der Waals surface area contributed by atoms with Crippen molar-refractivity contribution < 1.29 is 29.3 Å². The number of benzene rings is 3. The molecule has 0 unspecified atom stereocenters. The van der Waals surface area contributed by atoms with Crippen molar-refractivity contribution in [3.05, 3.63) is 94.5 Å². The van der Waals surface area contributed by atoms with Crippen LogP contribution in [0.5, 0.6) is 11.5 Å². The first-order valence-corrected chi connectivity index (χ1v) is 12.9. The number of carboxylic acid groups (broad SMARTS) is 1. The molecule has 1 aliphatic rings. The lowest BCUT2D eigenvalue weighted by Crippen LogP contribution is -2.47. The molecule has 1 amide bonds. The normalized spacial score (nSPS) is 15.8. The van der Waals surface area contributed by atoms with Crippen molar-refractivity contribution in [1.82, 2.24) is 4.90 Å².